The largest absolute Gasteiger partial charge is 0.494 e. The molecule has 2 N–H and O–H groups in total. The molecular weight excluding hydrogens is 228 g/mol. The Bertz CT molecular complexity index is 363. The number of hydrogen-bond donors (Lipinski definition) is 2. The number of rotatable bonds is 7. The van der Waals surface area contributed by atoms with Crippen LogP contribution in [0, 0.1) is 6.92 Å². The highest BCUT2D eigenvalue weighted by molar-refractivity contribution is 5.36. The molecule has 0 radical (unpaired) electrons. The van der Waals surface area contributed by atoms with E-state index in [0.717, 1.165) is 18.8 Å². The van der Waals surface area contributed by atoms with Gasteiger partial charge in [0.05, 0.1) is 19.3 Å². The molecule has 0 saturated heterocycles. The first-order valence-electron chi connectivity index (χ1n) is 6.60. The smallest absolute Gasteiger partial charge is 0.119 e. The van der Waals surface area contributed by atoms with Gasteiger partial charge in [-0.1, -0.05) is 19.9 Å². The Morgan fingerprint density at radius 2 is 2.06 bits per heavy atom. The molecule has 0 spiro atoms. The summed E-state index contributed by atoms with van der Waals surface area (Å²) in [6.07, 6.45) is 0.933. The molecule has 0 aromatic heterocycles. The van der Waals surface area contributed by atoms with Crippen molar-refractivity contribution in [3.63, 3.8) is 0 Å². The quantitative estimate of drug-likeness (QED) is 0.784. The molecule has 0 aliphatic heterocycles. The maximum Gasteiger partial charge on any atom is 0.119 e. The highest BCUT2D eigenvalue weighted by atomic mass is 16.5. The Kier molecular flexibility index (Phi) is 6.16. The van der Waals surface area contributed by atoms with Gasteiger partial charge in [-0.25, -0.2) is 0 Å². The van der Waals surface area contributed by atoms with Crippen LogP contribution in [0.3, 0.4) is 0 Å². The van der Waals surface area contributed by atoms with Gasteiger partial charge in [0, 0.05) is 0 Å². The van der Waals surface area contributed by atoms with Gasteiger partial charge in [0.25, 0.3) is 0 Å². The summed E-state index contributed by atoms with van der Waals surface area (Å²) >= 11 is 0. The predicted molar refractivity (Wildman–Crippen MR) is 73.1 cm³/mol. The van der Waals surface area contributed by atoms with Crippen molar-refractivity contribution in [1.82, 2.24) is 0 Å². The summed E-state index contributed by atoms with van der Waals surface area (Å²) in [5.74, 6) is 1.13. The van der Waals surface area contributed by atoms with E-state index in [9.17, 15) is 5.11 Å². The van der Waals surface area contributed by atoms with Crippen molar-refractivity contribution in [3.8, 4) is 5.75 Å². The third kappa shape index (κ3) is 4.31. The van der Waals surface area contributed by atoms with Crippen LogP contribution in [0.15, 0.2) is 18.2 Å². The van der Waals surface area contributed by atoms with Crippen molar-refractivity contribution in [2.24, 2.45) is 0 Å². The Morgan fingerprint density at radius 3 is 2.61 bits per heavy atom. The van der Waals surface area contributed by atoms with Gasteiger partial charge in [0.1, 0.15) is 5.75 Å². The fourth-order valence-electron chi connectivity index (χ4n) is 2.12. The summed E-state index contributed by atoms with van der Waals surface area (Å²) < 4.78 is 5.58. The molecule has 2 atom stereocenters. The van der Waals surface area contributed by atoms with Crippen LogP contribution < -0.4 is 4.74 Å². The lowest BCUT2D eigenvalue weighted by atomic mass is 9.91. The van der Waals surface area contributed by atoms with Gasteiger partial charge in [0.15, 0.2) is 0 Å². The molecule has 3 heteroatoms. The molecule has 0 amide bonds. The SMILES string of the molecule is CCCOc1ccc(C(C)CC(O)CO)c(C)c1. The van der Waals surface area contributed by atoms with Crippen LogP contribution in [0.5, 0.6) is 5.75 Å². The van der Waals surface area contributed by atoms with Crippen molar-refractivity contribution in [1.29, 1.82) is 0 Å². The number of aliphatic hydroxyl groups is 2. The lowest BCUT2D eigenvalue weighted by Gasteiger charge is -2.18. The molecular formula is C15H24O3. The number of aryl methyl sites for hydroxylation is 1. The van der Waals surface area contributed by atoms with Crippen molar-refractivity contribution in [2.75, 3.05) is 13.2 Å². The van der Waals surface area contributed by atoms with Gasteiger partial charge < -0.3 is 14.9 Å². The van der Waals surface area contributed by atoms with Crippen molar-refractivity contribution >= 4 is 0 Å². The van der Waals surface area contributed by atoms with Gasteiger partial charge in [-0.05, 0) is 48.9 Å². The predicted octanol–water partition coefficient (Wildman–Crippen LogP) is 2.63. The molecule has 18 heavy (non-hydrogen) atoms. The summed E-state index contributed by atoms with van der Waals surface area (Å²) in [7, 11) is 0. The maximum absolute atomic E-state index is 9.48. The molecule has 1 rings (SSSR count). The van der Waals surface area contributed by atoms with Crippen LogP contribution >= 0.6 is 0 Å². The molecule has 0 saturated carbocycles. The summed E-state index contributed by atoms with van der Waals surface area (Å²) in [4.78, 5) is 0. The molecule has 1 aromatic rings. The average Bonchev–Trinajstić information content (AvgIpc) is 2.36. The van der Waals surface area contributed by atoms with E-state index in [0.29, 0.717) is 6.42 Å². The van der Waals surface area contributed by atoms with E-state index >= 15 is 0 Å². The van der Waals surface area contributed by atoms with Crippen molar-refractivity contribution < 1.29 is 14.9 Å². The zero-order valence-corrected chi connectivity index (χ0v) is 11.5. The summed E-state index contributed by atoms with van der Waals surface area (Å²) in [5, 5.41) is 18.3. The Balaban J connectivity index is 2.72. The normalized spacial score (nSPS) is 14.3. The van der Waals surface area contributed by atoms with Crippen LogP contribution in [-0.4, -0.2) is 29.5 Å². The summed E-state index contributed by atoms with van der Waals surface area (Å²) in [6, 6.07) is 6.06. The Hall–Kier alpha value is -1.06. The first-order valence-corrected chi connectivity index (χ1v) is 6.60. The van der Waals surface area contributed by atoms with E-state index < -0.39 is 6.10 Å². The van der Waals surface area contributed by atoms with Gasteiger partial charge in [-0.15, -0.1) is 0 Å². The lowest BCUT2D eigenvalue weighted by Crippen LogP contribution is -2.15. The molecule has 1 aromatic carbocycles. The topological polar surface area (TPSA) is 49.7 Å². The Labute approximate surface area is 109 Å². The minimum absolute atomic E-state index is 0.179. The lowest BCUT2D eigenvalue weighted by molar-refractivity contribution is 0.0835. The number of hydrogen-bond acceptors (Lipinski definition) is 3. The first kappa shape index (κ1) is 15.0. The van der Waals surface area contributed by atoms with E-state index in [-0.39, 0.29) is 12.5 Å². The van der Waals surface area contributed by atoms with E-state index in [2.05, 4.69) is 26.8 Å². The molecule has 102 valence electrons. The van der Waals surface area contributed by atoms with Crippen LogP contribution in [0.2, 0.25) is 0 Å². The standard InChI is InChI=1S/C15H24O3/c1-4-7-18-14-5-6-15(12(3)9-14)11(2)8-13(17)10-16/h5-6,9,11,13,16-17H,4,7-8,10H2,1-3H3. The minimum Gasteiger partial charge on any atom is -0.494 e. The van der Waals surface area contributed by atoms with Crippen LogP contribution in [0.4, 0.5) is 0 Å². The highest BCUT2D eigenvalue weighted by Gasteiger charge is 2.13. The molecule has 0 bridgehead atoms. The van der Waals surface area contributed by atoms with Crippen LogP contribution in [0.1, 0.15) is 43.7 Å². The Morgan fingerprint density at radius 1 is 1.33 bits per heavy atom. The fraction of sp³-hybridized carbons (Fsp3) is 0.600. The van der Waals surface area contributed by atoms with Gasteiger partial charge in [0.2, 0.25) is 0 Å². The minimum atomic E-state index is -0.643. The van der Waals surface area contributed by atoms with E-state index in [1.54, 1.807) is 0 Å². The molecule has 2 unspecified atom stereocenters. The maximum atomic E-state index is 9.48. The van der Waals surface area contributed by atoms with Crippen molar-refractivity contribution in [3.05, 3.63) is 29.3 Å². The van der Waals surface area contributed by atoms with E-state index in [1.807, 2.05) is 12.1 Å². The molecule has 0 fully saturated rings. The number of aliphatic hydroxyl groups excluding tert-OH is 2. The summed E-state index contributed by atoms with van der Waals surface area (Å²) in [5.41, 5.74) is 2.37. The highest BCUT2D eigenvalue weighted by Crippen LogP contribution is 2.27. The molecule has 0 aliphatic carbocycles. The fourth-order valence-corrected chi connectivity index (χ4v) is 2.12. The van der Waals surface area contributed by atoms with Gasteiger partial charge >= 0.3 is 0 Å². The van der Waals surface area contributed by atoms with Crippen molar-refractivity contribution in [2.45, 2.75) is 45.6 Å². The monoisotopic (exact) mass is 252 g/mol. The third-order valence-corrected chi connectivity index (χ3v) is 3.08. The average molecular weight is 252 g/mol. The molecule has 3 nitrogen and oxygen atoms in total. The second-order valence-electron chi connectivity index (χ2n) is 4.84. The van der Waals surface area contributed by atoms with E-state index in [1.165, 1.54) is 11.1 Å². The number of ether oxygens (including phenoxy) is 1. The molecule has 0 heterocycles. The van der Waals surface area contributed by atoms with Gasteiger partial charge in [-0.3, -0.25) is 0 Å². The van der Waals surface area contributed by atoms with Gasteiger partial charge in [-0.2, -0.15) is 0 Å². The summed E-state index contributed by atoms with van der Waals surface area (Å²) in [6.45, 7) is 6.75. The second-order valence-corrected chi connectivity index (χ2v) is 4.84. The second kappa shape index (κ2) is 7.39. The van der Waals surface area contributed by atoms with E-state index in [4.69, 9.17) is 9.84 Å². The third-order valence-electron chi connectivity index (χ3n) is 3.08. The number of benzene rings is 1. The first-order chi connectivity index (χ1) is 8.58. The van der Waals surface area contributed by atoms with Crippen LogP contribution in [0.25, 0.3) is 0 Å². The zero-order chi connectivity index (χ0) is 13.5. The zero-order valence-electron chi connectivity index (χ0n) is 11.5. The molecule has 0 aliphatic rings. The van der Waals surface area contributed by atoms with Crippen LogP contribution in [-0.2, 0) is 0 Å².